The molecule has 1 aliphatic heterocycles. The van der Waals surface area contributed by atoms with Crippen molar-refractivity contribution in [3.63, 3.8) is 0 Å². The number of thiophene rings is 1. The van der Waals surface area contributed by atoms with Gasteiger partial charge in [0.25, 0.3) is 0 Å². The third-order valence-corrected chi connectivity index (χ3v) is 3.94. The molecule has 1 aliphatic rings. The van der Waals surface area contributed by atoms with Crippen LogP contribution >= 0.6 is 11.3 Å². The molecule has 2 rings (SSSR count). The smallest absolute Gasteiger partial charge is 0.0552 e. The molecule has 0 saturated carbocycles. The highest BCUT2D eigenvalue weighted by Gasteiger charge is 2.23. The third-order valence-electron chi connectivity index (χ3n) is 3.21. The molecule has 0 spiro atoms. The van der Waals surface area contributed by atoms with Crippen LogP contribution in [0.25, 0.3) is 0 Å². The SMILES string of the molecule is CC(O)C1CCCN(Cc2ccsc2)C1. The minimum absolute atomic E-state index is 0.157. The van der Waals surface area contributed by atoms with Crippen LogP contribution in [0.5, 0.6) is 0 Å². The summed E-state index contributed by atoms with van der Waals surface area (Å²) in [4.78, 5) is 2.46. The van der Waals surface area contributed by atoms with Gasteiger partial charge in [-0.3, -0.25) is 4.90 Å². The molecular formula is C12H19NOS. The van der Waals surface area contributed by atoms with Crippen molar-refractivity contribution in [3.8, 4) is 0 Å². The van der Waals surface area contributed by atoms with Gasteiger partial charge in [-0.05, 0) is 54.6 Å². The molecule has 2 atom stereocenters. The number of nitrogens with zero attached hydrogens (tertiary/aromatic N) is 1. The second kappa shape index (κ2) is 5.10. The molecule has 1 fully saturated rings. The van der Waals surface area contributed by atoms with Crippen LogP contribution in [0.2, 0.25) is 0 Å². The molecule has 2 unspecified atom stereocenters. The van der Waals surface area contributed by atoms with Crippen molar-refractivity contribution in [1.82, 2.24) is 4.90 Å². The van der Waals surface area contributed by atoms with Crippen LogP contribution in [0.3, 0.4) is 0 Å². The van der Waals surface area contributed by atoms with E-state index < -0.39 is 0 Å². The Bertz CT molecular complexity index is 284. The summed E-state index contributed by atoms with van der Waals surface area (Å²) in [5.74, 6) is 0.470. The predicted octanol–water partition coefficient (Wildman–Crippen LogP) is 2.34. The topological polar surface area (TPSA) is 23.5 Å². The summed E-state index contributed by atoms with van der Waals surface area (Å²) in [5, 5.41) is 13.9. The van der Waals surface area contributed by atoms with Gasteiger partial charge in [0.2, 0.25) is 0 Å². The van der Waals surface area contributed by atoms with Gasteiger partial charge in [0.15, 0.2) is 0 Å². The number of aliphatic hydroxyl groups excluding tert-OH is 1. The van der Waals surface area contributed by atoms with Crippen LogP contribution in [0.4, 0.5) is 0 Å². The first kappa shape index (κ1) is 11.1. The highest BCUT2D eigenvalue weighted by atomic mass is 32.1. The Morgan fingerprint density at radius 1 is 1.67 bits per heavy atom. The zero-order valence-electron chi connectivity index (χ0n) is 9.22. The maximum atomic E-state index is 9.60. The molecule has 2 heterocycles. The fraction of sp³-hybridized carbons (Fsp3) is 0.667. The maximum absolute atomic E-state index is 9.60. The van der Waals surface area contributed by atoms with E-state index in [9.17, 15) is 5.11 Å². The van der Waals surface area contributed by atoms with Crippen molar-refractivity contribution in [1.29, 1.82) is 0 Å². The van der Waals surface area contributed by atoms with E-state index in [4.69, 9.17) is 0 Å². The normalized spacial score (nSPS) is 25.3. The Labute approximate surface area is 95.5 Å². The van der Waals surface area contributed by atoms with E-state index in [0.717, 1.165) is 13.1 Å². The van der Waals surface area contributed by atoms with E-state index >= 15 is 0 Å². The number of hydrogen-bond donors (Lipinski definition) is 1. The lowest BCUT2D eigenvalue weighted by Crippen LogP contribution is -2.38. The summed E-state index contributed by atoms with van der Waals surface area (Å²) in [5.41, 5.74) is 1.41. The lowest BCUT2D eigenvalue weighted by molar-refractivity contribution is 0.0599. The van der Waals surface area contributed by atoms with E-state index in [1.54, 1.807) is 11.3 Å². The van der Waals surface area contributed by atoms with Gasteiger partial charge in [0, 0.05) is 13.1 Å². The first-order chi connectivity index (χ1) is 7.25. The molecule has 3 heteroatoms. The number of likely N-dealkylation sites (tertiary alicyclic amines) is 1. The first-order valence-electron chi connectivity index (χ1n) is 5.67. The van der Waals surface area contributed by atoms with Gasteiger partial charge in [0.05, 0.1) is 6.10 Å². The van der Waals surface area contributed by atoms with E-state index in [-0.39, 0.29) is 6.10 Å². The van der Waals surface area contributed by atoms with Crippen molar-refractivity contribution in [2.24, 2.45) is 5.92 Å². The van der Waals surface area contributed by atoms with Gasteiger partial charge in [-0.1, -0.05) is 0 Å². The van der Waals surface area contributed by atoms with Gasteiger partial charge in [-0.15, -0.1) is 0 Å². The monoisotopic (exact) mass is 225 g/mol. The molecule has 15 heavy (non-hydrogen) atoms. The minimum atomic E-state index is -0.157. The molecule has 1 aromatic rings. The van der Waals surface area contributed by atoms with E-state index in [1.807, 2.05) is 6.92 Å². The second-order valence-electron chi connectivity index (χ2n) is 4.51. The summed E-state index contributed by atoms with van der Waals surface area (Å²) < 4.78 is 0. The number of aliphatic hydroxyl groups is 1. The molecular weight excluding hydrogens is 206 g/mol. The largest absolute Gasteiger partial charge is 0.393 e. The van der Waals surface area contributed by atoms with Crippen LogP contribution in [0.15, 0.2) is 16.8 Å². The van der Waals surface area contributed by atoms with Crippen molar-refractivity contribution < 1.29 is 5.11 Å². The van der Waals surface area contributed by atoms with E-state index in [2.05, 4.69) is 21.7 Å². The van der Waals surface area contributed by atoms with E-state index in [1.165, 1.54) is 24.9 Å². The van der Waals surface area contributed by atoms with Gasteiger partial charge < -0.3 is 5.11 Å². The van der Waals surface area contributed by atoms with Crippen LogP contribution in [-0.2, 0) is 6.54 Å². The van der Waals surface area contributed by atoms with Crippen molar-refractivity contribution in [2.45, 2.75) is 32.4 Å². The highest BCUT2D eigenvalue weighted by molar-refractivity contribution is 7.07. The highest BCUT2D eigenvalue weighted by Crippen LogP contribution is 2.21. The molecule has 1 saturated heterocycles. The zero-order chi connectivity index (χ0) is 10.7. The fourth-order valence-corrected chi connectivity index (χ4v) is 2.93. The van der Waals surface area contributed by atoms with Crippen molar-refractivity contribution in [2.75, 3.05) is 13.1 Å². The lowest BCUT2D eigenvalue weighted by Gasteiger charge is -2.33. The first-order valence-corrected chi connectivity index (χ1v) is 6.61. The molecule has 0 aromatic carbocycles. The van der Waals surface area contributed by atoms with Crippen molar-refractivity contribution >= 4 is 11.3 Å². The summed E-state index contributed by atoms with van der Waals surface area (Å²) in [6.07, 6.45) is 2.24. The fourth-order valence-electron chi connectivity index (χ4n) is 2.27. The zero-order valence-corrected chi connectivity index (χ0v) is 10.0. The minimum Gasteiger partial charge on any atom is -0.393 e. The standard InChI is InChI=1S/C12H19NOS/c1-10(14)12-3-2-5-13(8-12)7-11-4-6-15-9-11/h4,6,9-10,12,14H,2-3,5,7-8H2,1H3. The quantitative estimate of drug-likeness (QED) is 0.853. The second-order valence-corrected chi connectivity index (χ2v) is 5.29. The summed E-state index contributed by atoms with van der Waals surface area (Å²) in [6, 6.07) is 2.19. The summed E-state index contributed by atoms with van der Waals surface area (Å²) >= 11 is 1.76. The van der Waals surface area contributed by atoms with Crippen molar-refractivity contribution in [3.05, 3.63) is 22.4 Å². The Morgan fingerprint density at radius 2 is 2.53 bits per heavy atom. The summed E-state index contributed by atoms with van der Waals surface area (Å²) in [7, 11) is 0. The Balaban J connectivity index is 1.88. The number of hydrogen-bond acceptors (Lipinski definition) is 3. The number of piperidine rings is 1. The Morgan fingerprint density at radius 3 is 3.20 bits per heavy atom. The van der Waals surface area contributed by atoms with Gasteiger partial charge in [-0.2, -0.15) is 11.3 Å². The average Bonchev–Trinajstić information content (AvgIpc) is 2.71. The molecule has 2 nitrogen and oxygen atoms in total. The number of rotatable bonds is 3. The van der Waals surface area contributed by atoms with Gasteiger partial charge >= 0.3 is 0 Å². The lowest BCUT2D eigenvalue weighted by atomic mass is 9.93. The van der Waals surface area contributed by atoms with Gasteiger partial charge in [0.1, 0.15) is 0 Å². The summed E-state index contributed by atoms with van der Waals surface area (Å²) in [6.45, 7) is 5.19. The van der Waals surface area contributed by atoms with Crippen LogP contribution in [0, 0.1) is 5.92 Å². The Kier molecular flexibility index (Phi) is 3.78. The Hall–Kier alpha value is -0.380. The molecule has 1 N–H and O–H groups in total. The molecule has 0 bridgehead atoms. The molecule has 0 amide bonds. The maximum Gasteiger partial charge on any atom is 0.0552 e. The van der Waals surface area contributed by atoms with Crippen LogP contribution < -0.4 is 0 Å². The predicted molar refractivity (Wildman–Crippen MR) is 64.0 cm³/mol. The third kappa shape index (κ3) is 3.03. The van der Waals surface area contributed by atoms with Crippen LogP contribution in [-0.4, -0.2) is 29.2 Å². The molecule has 1 aromatic heterocycles. The van der Waals surface area contributed by atoms with Crippen LogP contribution in [0.1, 0.15) is 25.3 Å². The molecule has 84 valence electrons. The van der Waals surface area contributed by atoms with Gasteiger partial charge in [-0.25, -0.2) is 0 Å². The molecule has 0 radical (unpaired) electrons. The van der Waals surface area contributed by atoms with E-state index in [0.29, 0.717) is 5.92 Å². The molecule has 0 aliphatic carbocycles. The average molecular weight is 225 g/mol.